The van der Waals surface area contributed by atoms with Gasteiger partial charge in [0.2, 0.25) is 0 Å². The highest BCUT2D eigenvalue weighted by Gasteiger charge is 2.33. The van der Waals surface area contributed by atoms with Gasteiger partial charge in [-0.2, -0.15) is 0 Å². The molecular weight excluding hydrogens is 250 g/mol. The van der Waals surface area contributed by atoms with Crippen molar-refractivity contribution in [2.24, 2.45) is 0 Å². The summed E-state index contributed by atoms with van der Waals surface area (Å²) in [6.45, 7) is 1.18. The number of rotatable bonds is 3. The Kier molecular flexibility index (Phi) is 4.01. The lowest BCUT2D eigenvalue weighted by Gasteiger charge is -2.30. The number of pyridine rings is 1. The minimum atomic E-state index is -0.0998. The highest BCUT2D eigenvalue weighted by atomic mass is 16.1. The Balaban J connectivity index is 1.82. The van der Waals surface area contributed by atoms with Crippen LogP contribution in [-0.2, 0) is 0 Å². The molecule has 0 spiro atoms. The van der Waals surface area contributed by atoms with E-state index in [-0.39, 0.29) is 5.91 Å². The number of hydrogen-bond donors (Lipinski definition) is 1. The highest BCUT2D eigenvalue weighted by Crippen LogP contribution is 2.37. The Morgan fingerprint density at radius 2 is 2.05 bits per heavy atom. The largest absolute Gasteiger partial charge is 0.354 e. The SMILES string of the molecule is CNC(=O)c1cccc([C@@H]2CCCN2C2CCCC2)n1. The molecular formula is C16H23N3O. The lowest BCUT2D eigenvalue weighted by molar-refractivity contribution is 0.0957. The second kappa shape index (κ2) is 5.92. The van der Waals surface area contributed by atoms with E-state index in [0.29, 0.717) is 11.7 Å². The van der Waals surface area contributed by atoms with E-state index in [4.69, 9.17) is 0 Å². The molecule has 20 heavy (non-hydrogen) atoms. The normalized spacial score (nSPS) is 24.1. The van der Waals surface area contributed by atoms with Crippen LogP contribution in [0.2, 0.25) is 0 Å². The van der Waals surface area contributed by atoms with Gasteiger partial charge in [-0.1, -0.05) is 18.9 Å². The third-order valence-corrected chi connectivity index (χ3v) is 4.66. The van der Waals surface area contributed by atoms with Crippen molar-refractivity contribution >= 4 is 5.91 Å². The Labute approximate surface area is 120 Å². The quantitative estimate of drug-likeness (QED) is 0.920. The molecule has 0 aromatic carbocycles. The molecule has 4 nitrogen and oxygen atoms in total. The number of amides is 1. The summed E-state index contributed by atoms with van der Waals surface area (Å²) in [7, 11) is 1.65. The predicted octanol–water partition coefficient (Wildman–Crippen LogP) is 2.52. The maximum absolute atomic E-state index is 11.7. The average molecular weight is 273 g/mol. The molecule has 108 valence electrons. The fourth-order valence-corrected chi connectivity index (χ4v) is 3.67. The van der Waals surface area contributed by atoms with E-state index in [1.165, 1.54) is 45.1 Å². The molecule has 0 radical (unpaired) electrons. The Bertz CT molecular complexity index is 482. The smallest absolute Gasteiger partial charge is 0.269 e. The first-order valence-corrected chi connectivity index (χ1v) is 7.74. The topological polar surface area (TPSA) is 45.2 Å². The van der Waals surface area contributed by atoms with Gasteiger partial charge < -0.3 is 5.32 Å². The summed E-state index contributed by atoms with van der Waals surface area (Å²) >= 11 is 0. The molecule has 1 N–H and O–H groups in total. The summed E-state index contributed by atoms with van der Waals surface area (Å²) in [4.78, 5) is 19.0. The number of likely N-dealkylation sites (tertiary alicyclic amines) is 1. The zero-order valence-electron chi connectivity index (χ0n) is 12.1. The van der Waals surface area contributed by atoms with Crippen LogP contribution in [0.5, 0.6) is 0 Å². The Morgan fingerprint density at radius 3 is 2.80 bits per heavy atom. The minimum Gasteiger partial charge on any atom is -0.354 e. The minimum absolute atomic E-state index is 0.0998. The lowest BCUT2D eigenvalue weighted by atomic mass is 10.1. The fourth-order valence-electron chi connectivity index (χ4n) is 3.67. The number of aromatic nitrogens is 1. The van der Waals surface area contributed by atoms with Crippen molar-refractivity contribution in [3.63, 3.8) is 0 Å². The van der Waals surface area contributed by atoms with Gasteiger partial charge in [-0.05, 0) is 44.4 Å². The molecule has 4 heteroatoms. The van der Waals surface area contributed by atoms with Gasteiger partial charge >= 0.3 is 0 Å². The third kappa shape index (κ3) is 2.57. The van der Waals surface area contributed by atoms with Crippen molar-refractivity contribution in [3.8, 4) is 0 Å². The van der Waals surface area contributed by atoms with E-state index in [0.717, 1.165) is 11.7 Å². The van der Waals surface area contributed by atoms with Gasteiger partial charge in [0.1, 0.15) is 5.69 Å². The first-order chi connectivity index (χ1) is 9.79. The number of carbonyl (C=O) groups excluding carboxylic acids is 1. The zero-order valence-corrected chi connectivity index (χ0v) is 12.1. The van der Waals surface area contributed by atoms with Crippen molar-refractivity contribution in [2.75, 3.05) is 13.6 Å². The van der Waals surface area contributed by atoms with Gasteiger partial charge in [-0.3, -0.25) is 9.69 Å². The van der Waals surface area contributed by atoms with Crippen molar-refractivity contribution in [3.05, 3.63) is 29.6 Å². The third-order valence-electron chi connectivity index (χ3n) is 4.66. The molecule has 1 saturated carbocycles. The Morgan fingerprint density at radius 1 is 1.25 bits per heavy atom. The van der Waals surface area contributed by atoms with E-state index in [2.05, 4.69) is 21.3 Å². The first kappa shape index (κ1) is 13.6. The molecule has 1 aliphatic heterocycles. The van der Waals surface area contributed by atoms with Crippen molar-refractivity contribution in [2.45, 2.75) is 50.6 Å². The van der Waals surface area contributed by atoms with Gasteiger partial charge in [0.15, 0.2) is 0 Å². The van der Waals surface area contributed by atoms with Crippen molar-refractivity contribution in [1.29, 1.82) is 0 Å². The summed E-state index contributed by atoms with van der Waals surface area (Å²) in [6, 6.07) is 6.95. The molecule has 1 saturated heterocycles. The molecule has 2 heterocycles. The van der Waals surface area contributed by atoms with E-state index in [9.17, 15) is 4.79 Å². The fraction of sp³-hybridized carbons (Fsp3) is 0.625. The Hall–Kier alpha value is -1.42. The van der Waals surface area contributed by atoms with Gasteiger partial charge in [-0.25, -0.2) is 4.98 Å². The van der Waals surface area contributed by atoms with Crippen LogP contribution in [0, 0.1) is 0 Å². The molecule has 0 bridgehead atoms. The standard InChI is InChI=1S/C16H23N3O/c1-17-16(20)14-9-4-8-13(18-14)15-10-5-11-19(15)12-6-2-3-7-12/h4,8-9,12,15H,2-3,5-7,10-11H2,1H3,(H,17,20)/t15-/m0/s1. The van der Waals surface area contributed by atoms with Crippen molar-refractivity contribution < 1.29 is 4.79 Å². The molecule has 1 amide bonds. The summed E-state index contributed by atoms with van der Waals surface area (Å²) in [5.41, 5.74) is 1.60. The molecule has 1 atom stereocenters. The molecule has 2 fully saturated rings. The molecule has 1 aromatic heterocycles. The van der Waals surface area contributed by atoms with Crippen LogP contribution >= 0.6 is 0 Å². The van der Waals surface area contributed by atoms with Crippen LogP contribution in [0.15, 0.2) is 18.2 Å². The van der Waals surface area contributed by atoms with E-state index >= 15 is 0 Å². The van der Waals surface area contributed by atoms with Crippen molar-refractivity contribution in [1.82, 2.24) is 15.2 Å². The molecule has 3 rings (SSSR count). The molecule has 1 aromatic rings. The van der Waals surface area contributed by atoms with Gasteiger partial charge in [0, 0.05) is 13.1 Å². The second-order valence-electron chi connectivity index (χ2n) is 5.86. The van der Waals surface area contributed by atoms with Gasteiger partial charge in [0.25, 0.3) is 5.91 Å². The van der Waals surface area contributed by atoms with Crippen LogP contribution in [-0.4, -0.2) is 35.4 Å². The molecule has 2 aliphatic rings. The first-order valence-electron chi connectivity index (χ1n) is 7.74. The maximum Gasteiger partial charge on any atom is 0.269 e. The number of hydrogen-bond acceptors (Lipinski definition) is 3. The van der Waals surface area contributed by atoms with E-state index in [1.807, 2.05) is 6.07 Å². The highest BCUT2D eigenvalue weighted by molar-refractivity contribution is 5.91. The average Bonchev–Trinajstić information content (AvgIpc) is 3.16. The summed E-state index contributed by atoms with van der Waals surface area (Å²) in [5, 5.41) is 2.65. The number of carbonyl (C=O) groups is 1. The summed E-state index contributed by atoms with van der Waals surface area (Å²) in [5.74, 6) is -0.0998. The van der Waals surface area contributed by atoms with Gasteiger partial charge in [0.05, 0.1) is 11.7 Å². The monoisotopic (exact) mass is 273 g/mol. The van der Waals surface area contributed by atoms with Gasteiger partial charge in [-0.15, -0.1) is 0 Å². The second-order valence-corrected chi connectivity index (χ2v) is 5.86. The molecule has 1 aliphatic carbocycles. The van der Waals surface area contributed by atoms with Crippen LogP contribution < -0.4 is 5.32 Å². The van der Waals surface area contributed by atoms with Crippen LogP contribution in [0.25, 0.3) is 0 Å². The predicted molar refractivity (Wildman–Crippen MR) is 78.6 cm³/mol. The number of nitrogens with one attached hydrogen (secondary N) is 1. The summed E-state index contributed by atoms with van der Waals surface area (Å²) in [6.07, 6.45) is 7.78. The maximum atomic E-state index is 11.7. The summed E-state index contributed by atoms with van der Waals surface area (Å²) < 4.78 is 0. The zero-order chi connectivity index (χ0) is 13.9. The van der Waals surface area contributed by atoms with Crippen LogP contribution in [0.4, 0.5) is 0 Å². The number of nitrogens with zero attached hydrogens (tertiary/aromatic N) is 2. The lowest BCUT2D eigenvalue weighted by Crippen LogP contribution is -2.33. The van der Waals surface area contributed by atoms with Crippen LogP contribution in [0.1, 0.15) is 60.7 Å². The van der Waals surface area contributed by atoms with Crippen LogP contribution in [0.3, 0.4) is 0 Å². The van der Waals surface area contributed by atoms with E-state index in [1.54, 1.807) is 13.1 Å². The van der Waals surface area contributed by atoms with E-state index < -0.39 is 0 Å². The molecule has 0 unspecified atom stereocenters.